The van der Waals surface area contributed by atoms with Crippen LogP contribution in [0, 0.1) is 11.5 Å². The molecule has 8 nitrogen and oxygen atoms in total. The molecule has 0 aliphatic carbocycles. The van der Waals surface area contributed by atoms with Crippen molar-refractivity contribution in [3.05, 3.63) is 90.0 Å². The summed E-state index contributed by atoms with van der Waals surface area (Å²) in [7, 11) is 1.46. The van der Waals surface area contributed by atoms with Gasteiger partial charge in [0.1, 0.15) is 22.8 Å². The number of hydrogen-bond acceptors (Lipinski definition) is 6. The zero-order chi connectivity index (χ0) is 25.4. The summed E-state index contributed by atoms with van der Waals surface area (Å²) in [4.78, 5) is 19.0. The molecule has 2 N–H and O–H groups in total. The predicted octanol–water partition coefficient (Wildman–Crippen LogP) is 4.08. The fraction of sp³-hybridized carbons (Fsp3) is 0.250. The number of aliphatic imine (C=N–C) groups is 1. The van der Waals surface area contributed by atoms with Crippen LogP contribution in [0.25, 0.3) is 0 Å². The van der Waals surface area contributed by atoms with Gasteiger partial charge < -0.3 is 24.8 Å². The first-order valence-corrected chi connectivity index (χ1v) is 11.7. The van der Waals surface area contributed by atoms with E-state index in [2.05, 4.69) is 22.4 Å². The quantitative estimate of drug-likeness (QED) is 0.310. The average Bonchev–Trinajstić information content (AvgIpc) is 2.92. The Morgan fingerprint density at radius 1 is 1.06 bits per heavy atom. The fourth-order valence-electron chi connectivity index (χ4n) is 4.54. The maximum absolute atomic E-state index is 13.1. The molecule has 0 spiro atoms. The number of benzene rings is 3. The highest BCUT2D eigenvalue weighted by molar-refractivity contribution is 5.99. The average molecular weight is 485 g/mol. The van der Waals surface area contributed by atoms with Gasteiger partial charge in [-0.2, -0.15) is 5.26 Å². The van der Waals surface area contributed by atoms with Crippen molar-refractivity contribution in [2.75, 3.05) is 26.7 Å². The second-order valence-corrected chi connectivity index (χ2v) is 8.58. The van der Waals surface area contributed by atoms with Crippen LogP contribution in [0.1, 0.15) is 28.8 Å². The highest BCUT2D eigenvalue weighted by Crippen LogP contribution is 2.36. The molecular weight excluding hydrogens is 456 g/mol. The third-order valence-corrected chi connectivity index (χ3v) is 6.51. The van der Waals surface area contributed by atoms with E-state index in [1.54, 1.807) is 12.1 Å². The largest absolute Gasteiger partial charge is 0.507 e. The van der Waals surface area contributed by atoms with Crippen LogP contribution in [0.4, 0.5) is 0 Å². The number of methoxy groups -OCH3 is 1. The smallest absolute Gasteiger partial charge is 0.308 e. The molecular formula is C28H28N4O4. The topological polar surface area (TPSA) is 107 Å². The molecule has 1 aliphatic rings. The minimum Gasteiger partial charge on any atom is -0.507 e. The number of carbonyl (C=O) groups is 1. The number of ether oxygens (including phenoxy) is 2. The molecule has 4 rings (SSSR count). The first-order valence-electron chi connectivity index (χ1n) is 11.7. The summed E-state index contributed by atoms with van der Waals surface area (Å²) < 4.78 is 11.2. The van der Waals surface area contributed by atoms with Crippen molar-refractivity contribution in [2.24, 2.45) is 4.99 Å². The van der Waals surface area contributed by atoms with Gasteiger partial charge in [0, 0.05) is 25.0 Å². The van der Waals surface area contributed by atoms with E-state index < -0.39 is 5.91 Å². The number of phenols is 1. The van der Waals surface area contributed by atoms with Gasteiger partial charge in [-0.15, -0.1) is 4.99 Å². The molecule has 184 valence electrons. The number of nitriles is 1. The standard InChI is InChI=1S/C28H28N4O4/c1-35-24-14-8-13-23(33)25(24)26(34)30-19-28(21-9-4-2-5-10-21)15-17-32(18-16-28)27(31-20-29)36-22-11-6-3-7-12-22/h2-14,33H,15-19H2,1H3,(H,30,34). The summed E-state index contributed by atoms with van der Waals surface area (Å²) in [6.07, 6.45) is 3.23. The molecule has 8 heteroatoms. The molecule has 36 heavy (non-hydrogen) atoms. The van der Waals surface area contributed by atoms with E-state index in [9.17, 15) is 15.2 Å². The molecule has 0 unspecified atom stereocenters. The first kappa shape index (κ1) is 24.6. The van der Waals surface area contributed by atoms with Gasteiger partial charge >= 0.3 is 6.02 Å². The number of likely N-dealkylation sites (tertiary alicyclic amines) is 1. The molecule has 1 fully saturated rings. The molecule has 3 aromatic carbocycles. The summed E-state index contributed by atoms with van der Waals surface area (Å²) in [5.74, 6) is 0.384. The van der Waals surface area contributed by atoms with Crippen molar-refractivity contribution in [3.63, 3.8) is 0 Å². The van der Waals surface area contributed by atoms with Crippen LogP contribution < -0.4 is 14.8 Å². The Kier molecular flexibility index (Phi) is 7.71. The van der Waals surface area contributed by atoms with Gasteiger partial charge in [-0.1, -0.05) is 54.6 Å². The van der Waals surface area contributed by atoms with Crippen LogP contribution in [0.15, 0.2) is 83.9 Å². The number of phenolic OH excluding ortho intramolecular Hbond substituents is 1. The van der Waals surface area contributed by atoms with Gasteiger partial charge in [-0.25, -0.2) is 0 Å². The number of hydrogen-bond donors (Lipinski definition) is 2. The molecule has 0 aromatic heterocycles. The second-order valence-electron chi connectivity index (χ2n) is 8.58. The summed E-state index contributed by atoms with van der Waals surface area (Å²) >= 11 is 0. The number of para-hydroxylation sites is 1. The van der Waals surface area contributed by atoms with Crippen LogP contribution in [0.2, 0.25) is 0 Å². The number of nitrogens with zero attached hydrogens (tertiary/aromatic N) is 3. The van der Waals surface area contributed by atoms with Crippen LogP contribution >= 0.6 is 0 Å². The minimum absolute atomic E-state index is 0.111. The van der Waals surface area contributed by atoms with E-state index in [1.165, 1.54) is 13.2 Å². The highest BCUT2D eigenvalue weighted by Gasteiger charge is 2.38. The van der Waals surface area contributed by atoms with E-state index in [0.717, 1.165) is 5.56 Å². The van der Waals surface area contributed by atoms with Gasteiger partial charge in [-0.3, -0.25) is 4.79 Å². The van der Waals surface area contributed by atoms with Crippen molar-refractivity contribution in [1.82, 2.24) is 10.2 Å². The van der Waals surface area contributed by atoms with Crippen LogP contribution in [0.3, 0.4) is 0 Å². The van der Waals surface area contributed by atoms with Gasteiger partial charge in [0.2, 0.25) is 6.19 Å². The maximum atomic E-state index is 13.1. The molecule has 1 saturated heterocycles. The van der Waals surface area contributed by atoms with Gasteiger partial charge in [0.05, 0.1) is 7.11 Å². The summed E-state index contributed by atoms with van der Waals surface area (Å²) in [5.41, 5.74) is 0.868. The van der Waals surface area contributed by atoms with Crippen LogP contribution in [0.5, 0.6) is 17.2 Å². The number of aromatic hydroxyl groups is 1. The lowest BCUT2D eigenvalue weighted by Gasteiger charge is -2.42. The summed E-state index contributed by atoms with van der Waals surface area (Å²) in [5, 5.41) is 22.5. The molecule has 3 aromatic rings. The SMILES string of the molecule is COc1cccc(O)c1C(=O)NCC1(c2ccccc2)CCN(C(=NC#N)Oc2ccccc2)CC1. The lowest BCUT2D eigenvalue weighted by Crippen LogP contribution is -2.51. The molecule has 1 heterocycles. The third kappa shape index (κ3) is 5.41. The third-order valence-electron chi connectivity index (χ3n) is 6.51. The van der Waals surface area contributed by atoms with E-state index in [-0.39, 0.29) is 22.7 Å². The fourth-order valence-corrected chi connectivity index (χ4v) is 4.54. The van der Waals surface area contributed by atoms with Crippen molar-refractivity contribution < 1.29 is 19.4 Å². The number of nitrogens with one attached hydrogen (secondary N) is 1. The Bertz CT molecular complexity index is 1250. The second kappa shape index (κ2) is 11.3. The highest BCUT2D eigenvalue weighted by atomic mass is 16.5. The zero-order valence-corrected chi connectivity index (χ0v) is 20.1. The molecule has 1 aliphatic heterocycles. The Morgan fingerprint density at radius 3 is 2.36 bits per heavy atom. The summed E-state index contributed by atoms with van der Waals surface area (Å²) in [6.45, 7) is 1.53. The number of amides is 1. The maximum Gasteiger partial charge on any atom is 0.308 e. The van der Waals surface area contributed by atoms with Crippen LogP contribution in [-0.2, 0) is 5.41 Å². The van der Waals surface area contributed by atoms with Crippen molar-refractivity contribution >= 4 is 11.9 Å². The van der Waals surface area contributed by atoms with Crippen LogP contribution in [-0.4, -0.2) is 48.7 Å². The Labute approximate surface area is 210 Å². The molecule has 1 amide bonds. The number of amidine groups is 1. The molecule has 0 atom stereocenters. The zero-order valence-electron chi connectivity index (χ0n) is 20.1. The van der Waals surface area contributed by atoms with Gasteiger partial charge in [0.25, 0.3) is 5.91 Å². The van der Waals surface area contributed by atoms with E-state index in [4.69, 9.17) is 9.47 Å². The Morgan fingerprint density at radius 2 is 1.72 bits per heavy atom. The number of carbonyl (C=O) groups excluding carboxylic acids is 1. The number of piperidine rings is 1. The van der Waals surface area contributed by atoms with Gasteiger partial charge in [0.15, 0.2) is 0 Å². The van der Waals surface area contributed by atoms with Crippen molar-refractivity contribution in [2.45, 2.75) is 18.3 Å². The van der Waals surface area contributed by atoms with Crippen molar-refractivity contribution in [1.29, 1.82) is 5.26 Å². The van der Waals surface area contributed by atoms with Gasteiger partial charge in [-0.05, 0) is 42.7 Å². The number of rotatable bonds is 6. The molecule has 0 bridgehead atoms. The van der Waals surface area contributed by atoms with Crippen molar-refractivity contribution in [3.8, 4) is 23.4 Å². The summed E-state index contributed by atoms with van der Waals surface area (Å²) in [6, 6.07) is 24.3. The Balaban J connectivity index is 1.53. The lowest BCUT2D eigenvalue weighted by atomic mass is 9.72. The Hall–Kier alpha value is -4.51. The normalized spacial score (nSPS) is 15.0. The lowest BCUT2D eigenvalue weighted by molar-refractivity contribution is 0.0924. The minimum atomic E-state index is -0.401. The van der Waals surface area contributed by atoms with E-state index >= 15 is 0 Å². The van der Waals surface area contributed by atoms with E-state index in [1.807, 2.05) is 59.6 Å². The predicted molar refractivity (Wildman–Crippen MR) is 136 cm³/mol. The molecule has 0 radical (unpaired) electrons. The van der Waals surface area contributed by atoms with E-state index in [0.29, 0.717) is 44.0 Å². The first-order chi connectivity index (χ1) is 17.6. The molecule has 0 saturated carbocycles. The monoisotopic (exact) mass is 484 g/mol.